The summed E-state index contributed by atoms with van der Waals surface area (Å²) < 4.78 is 19.4. The Kier molecular flexibility index (Phi) is 4.86. The molecule has 20 heavy (non-hydrogen) atoms. The minimum Gasteiger partial charge on any atom is -0.454 e. The standard InChI is InChI=1S/C15H14Cl2FNO/c1-9-5-15(10(8-19-2)6-12(9)17)20-14-4-3-11(16)7-13(14)18/h3-7,19H,8H2,1-2H3. The predicted molar refractivity (Wildman–Crippen MR) is 80.4 cm³/mol. The average Bonchev–Trinajstić information content (AvgIpc) is 2.39. The summed E-state index contributed by atoms with van der Waals surface area (Å²) >= 11 is 11.8. The van der Waals surface area contributed by atoms with Crippen LogP contribution in [-0.2, 0) is 6.54 Å². The van der Waals surface area contributed by atoms with Gasteiger partial charge in [0.25, 0.3) is 0 Å². The summed E-state index contributed by atoms with van der Waals surface area (Å²) in [5.74, 6) is 0.205. The highest BCUT2D eigenvalue weighted by atomic mass is 35.5. The Balaban J connectivity index is 2.39. The first-order chi connectivity index (χ1) is 9.51. The van der Waals surface area contributed by atoms with Crippen molar-refractivity contribution >= 4 is 23.2 Å². The zero-order valence-electron chi connectivity index (χ0n) is 11.1. The van der Waals surface area contributed by atoms with Gasteiger partial charge in [0.1, 0.15) is 5.75 Å². The molecule has 0 amide bonds. The van der Waals surface area contributed by atoms with E-state index in [1.54, 1.807) is 12.1 Å². The predicted octanol–water partition coefficient (Wildman–Crippen LogP) is 4.95. The summed E-state index contributed by atoms with van der Waals surface area (Å²) in [7, 11) is 1.82. The number of hydrogen-bond donors (Lipinski definition) is 1. The molecule has 2 aromatic rings. The zero-order chi connectivity index (χ0) is 14.7. The number of hydrogen-bond acceptors (Lipinski definition) is 2. The first-order valence-corrected chi connectivity index (χ1v) is 6.83. The van der Waals surface area contributed by atoms with E-state index in [1.165, 1.54) is 12.1 Å². The van der Waals surface area contributed by atoms with E-state index in [9.17, 15) is 4.39 Å². The minimum absolute atomic E-state index is 0.133. The second-order valence-corrected chi connectivity index (χ2v) is 5.26. The van der Waals surface area contributed by atoms with Gasteiger partial charge in [-0.05, 0) is 49.9 Å². The lowest BCUT2D eigenvalue weighted by atomic mass is 10.1. The van der Waals surface area contributed by atoms with Crippen molar-refractivity contribution in [2.24, 2.45) is 0 Å². The molecule has 0 aliphatic carbocycles. The highest BCUT2D eigenvalue weighted by Crippen LogP contribution is 2.32. The van der Waals surface area contributed by atoms with Crippen LogP contribution in [-0.4, -0.2) is 7.05 Å². The molecule has 0 fully saturated rings. The molecule has 0 spiro atoms. The van der Waals surface area contributed by atoms with Crippen LogP contribution in [0.3, 0.4) is 0 Å². The van der Waals surface area contributed by atoms with E-state index >= 15 is 0 Å². The van der Waals surface area contributed by atoms with E-state index in [0.717, 1.165) is 11.1 Å². The molecule has 5 heteroatoms. The molecule has 2 rings (SSSR count). The van der Waals surface area contributed by atoms with Crippen molar-refractivity contribution in [2.75, 3.05) is 7.05 Å². The second kappa shape index (κ2) is 6.44. The molecule has 0 radical (unpaired) electrons. The topological polar surface area (TPSA) is 21.3 Å². The summed E-state index contributed by atoms with van der Waals surface area (Å²) in [6.07, 6.45) is 0. The van der Waals surface area contributed by atoms with Crippen LogP contribution in [0.25, 0.3) is 0 Å². The largest absolute Gasteiger partial charge is 0.454 e. The van der Waals surface area contributed by atoms with Gasteiger partial charge in [-0.2, -0.15) is 0 Å². The summed E-state index contributed by atoms with van der Waals surface area (Å²) in [5, 5.41) is 4.01. The number of ether oxygens (including phenoxy) is 1. The van der Waals surface area contributed by atoms with E-state index in [0.29, 0.717) is 22.3 Å². The van der Waals surface area contributed by atoms with Gasteiger partial charge in [0.2, 0.25) is 0 Å². The summed E-state index contributed by atoms with van der Waals surface area (Å²) in [6, 6.07) is 7.92. The first kappa shape index (κ1) is 15.1. The lowest BCUT2D eigenvalue weighted by Gasteiger charge is -2.13. The van der Waals surface area contributed by atoms with Gasteiger partial charge in [0.15, 0.2) is 11.6 Å². The van der Waals surface area contributed by atoms with Crippen LogP contribution in [0.2, 0.25) is 10.0 Å². The van der Waals surface area contributed by atoms with E-state index in [-0.39, 0.29) is 5.75 Å². The van der Waals surface area contributed by atoms with Crippen molar-refractivity contribution in [3.8, 4) is 11.5 Å². The number of nitrogens with one attached hydrogen (secondary N) is 1. The van der Waals surface area contributed by atoms with Gasteiger partial charge >= 0.3 is 0 Å². The molecule has 0 heterocycles. The zero-order valence-corrected chi connectivity index (χ0v) is 12.6. The van der Waals surface area contributed by atoms with Crippen molar-refractivity contribution in [1.29, 1.82) is 0 Å². The Morgan fingerprint density at radius 2 is 1.90 bits per heavy atom. The van der Waals surface area contributed by atoms with Crippen LogP contribution in [0.1, 0.15) is 11.1 Å². The molecule has 0 aromatic heterocycles. The smallest absolute Gasteiger partial charge is 0.167 e. The van der Waals surface area contributed by atoms with Crippen molar-refractivity contribution in [3.05, 3.63) is 57.3 Å². The molecule has 2 nitrogen and oxygen atoms in total. The fourth-order valence-electron chi connectivity index (χ4n) is 1.80. The van der Waals surface area contributed by atoms with Gasteiger partial charge in [0, 0.05) is 22.2 Å². The highest BCUT2D eigenvalue weighted by molar-refractivity contribution is 6.31. The number of aryl methyl sites for hydroxylation is 1. The minimum atomic E-state index is -0.500. The van der Waals surface area contributed by atoms with Gasteiger partial charge in [0.05, 0.1) is 0 Å². The number of benzene rings is 2. The Bertz CT molecular complexity index is 632. The Morgan fingerprint density at radius 3 is 2.55 bits per heavy atom. The van der Waals surface area contributed by atoms with E-state index in [4.69, 9.17) is 27.9 Å². The molecule has 1 N–H and O–H groups in total. The fraction of sp³-hybridized carbons (Fsp3) is 0.200. The fourth-order valence-corrected chi connectivity index (χ4v) is 2.14. The lowest BCUT2D eigenvalue weighted by molar-refractivity contribution is 0.436. The second-order valence-electron chi connectivity index (χ2n) is 4.42. The molecule has 0 saturated carbocycles. The van der Waals surface area contributed by atoms with Crippen molar-refractivity contribution in [1.82, 2.24) is 5.32 Å². The summed E-state index contributed by atoms with van der Waals surface area (Å²) in [5.41, 5.74) is 1.73. The van der Waals surface area contributed by atoms with E-state index in [2.05, 4.69) is 5.32 Å². The molecule has 0 atom stereocenters. The molecule has 0 bridgehead atoms. The van der Waals surface area contributed by atoms with E-state index in [1.807, 2.05) is 20.0 Å². The van der Waals surface area contributed by atoms with Crippen LogP contribution in [0, 0.1) is 12.7 Å². The van der Waals surface area contributed by atoms with Crippen molar-refractivity contribution < 1.29 is 9.13 Å². The first-order valence-electron chi connectivity index (χ1n) is 6.08. The maximum atomic E-state index is 13.8. The van der Waals surface area contributed by atoms with Crippen molar-refractivity contribution in [2.45, 2.75) is 13.5 Å². The number of halogens is 3. The highest BCUT2D eigenvalue weighted by Gasteiger charge is 2.11. The number of rotatable bonds is 4. The monoisotopic (exact) mass is 313 g/mol. The lowest BCUT2D eigenvalue weighted by Crippen LogP contribution is -2.07. The molecule has 2 aromatic carbocycles. The molecular formula is C15H14Cl2FNO. The average molecular weight is 314 g/mol. The SMILES string of the molecule is CNCc1cc(Cl)c(C)cc1Oc1ccc(Cl)cc1F. The normalized spacial score (nSPS) is 10.7. The van der Waals surface area contributed by atoms with Crippen LogP contribution >= 0.6 is 23.2 Å². The van der Waals surface area contributed by atoms with Gasteiger partial charge in [-0.25, -0.2) is 4.39 Å². The van der Waals surface area contributed by atoms with Crippen LogP contribution in [0.4, 0.5) is 4.39 Å². The molecule has 0 aliphatic rings. The maximum absolute atomic E-state index is 13.8. The Hall–Kier alpha value is -1.29. The Morgan fingerprint density at radius 1 is 1.15 bits per heavy atom. The van der Waals surface area contributed by atoms with Crippen LogP contribution < -0.4 is 10.1 Å². The van der Waals surface area contributed by atoms with Crippen LogP contribution in [0.15, 0.2) is 30.3 Å². The van der Waals surface area contributed by atoms with Gasteiger partial charge in [-0.3, -0.25) is 0 Å². The summed E-state index contributed by atoms with van der Waals surface area (Å²) in [4.78, 5) is 0. The molecular weight excluding hydrogens is 300 g/mol. The molecule has 0 unspecified atom stereocenters. The molecule has 106 valence electrons. The third-order valence-corrected chi connectivity index (χ3v) is 3.47. The summed E-state index contributed by atoms with van der Waals surface area (Å²) in [6.45, 7) is 2.45. The molecule has 0 saturated heterocycles. The Labute approximate surface area is 127 Å². The van der Waals surface area contributed by atoms with Gasteiger partial charge in [-0.1, -0.05) is 23.2 Å². The third kappa shape index (κ3) is 3.42. The van der Waals surface area contributed by atoms with Crippen molar-refractivity contribution in [3.63, 3.8) is 0 Å². The van der Waals surface area contributed by atoms with Crippen LogP contribution in [0.5, 0.6) is 11.5 Å². The maximum Gasteiger partial charge on any atom is 0.167 e. The van der Waals surface area contributed by atoms with Gasteiger partial charge < -0.3 is 10.1 Å². The quantitative estimate of drug-likeness (QED) is 0.862. The molecule has 0 aliphatic heterocycles. The van der Waals surface area contributed by atoms with E-state index < -0.39 is 5.82 Å². The van der Waals surface area contributed by atoms with Gasteiger partial charge in [-0.15, -0.1) is 0 Å². The third-order valence-electron chi connectivity index (χ3n) is 2.82.